The molecule has 0 aliphatic rings. The van der Waals surface area contributed by atoms with Crippen molar-refractivity contribution in [1.29, 1.82) is 0 Å². The number of carbonyl (C=O) groups is 1. The van der Waals surface area contributed by atoms with Gasteiger partial charge in [0.2, 0.25) is 0 Å². The molecule has 0 bridgehead atoms. The van der Waals surface area contributed by atoms with Crippen LogP contribution >= 0.6 is 0 Å². The molecular weight excluding hydrogens is 352 g/mol. The van der Waals surface area contributed by atoms with Gasteiger partial charge < -0.3 is 20.1 Å². The fourth-order valence-corrected chi connectivity index (χ4v) is 2.83. The van der Waals surface area contributed by atoms with Crippen molar-refractivity contribution in [3.05, 3.63) is 53.6 Å². The van der Waals surface area contributed by atoms with E-state index in [-0.39, 0.29) is 17.1 Å². The van der Waals surface area contributed by atoms with Crippen LogP contribution in [0.2, 0.25) is 0 Å². The van der Waals surface area contributed by atoms with Crippen LogP contribution in [-0.2, 0) is 5.41 Å². The number of hydrogen-bond acceptors (Lipinski definition) is 4. The third kappa shape index (κ3) is 5.99. The number of rotatable bonds is 8. The molecule has 0 aliphatic carbocycles. The maximum Gasteiger partial charge on any atom is 0.255 e. The van der Waals surface area contributed by atoms with Crippen molar-refractivity contribution in [3.8, 4) is 11.5 Å². The molecular formula is C23H32N2O3. The molecule has 5 heteroatoms. The molecule has 28 heavy (non-hydrogen) atoms. The monoisotopic (exact) mass is 384 g/mol. The molecule has 0 unspecified atom stereocenters. The lowest BCUT2D eigenvalue weighted by Crippen LogP contribution is -2.27. The van der Waals surface area contributed by atoms with Gasteiger partial charge in [-0.25, -0.2) is 0 Å². The van der Waals surface area contributed by atoms with Gasteiger partial charge in [-0.3, -0.25) is 4.79 Å². The van der Waals surface area contributed by atoms with Gasteiger partial charge in [0.15, 0.2) is 0 Å². The Morgan fingerprint density at radius 1 is 1.07 bits per heavy atom. The standard InChI is InChI=1S/C23H32N2O3/c1-6-25(7-2)14-15-28-19-11-8-17(9-12-19)22(27)24-20-16-18(23(3,4)5)10-13-21(20)26/h8-13,16,26H,6-7,14-15H2,1-5H3,(H,24,27). The average Bonchev–Trinajstić information content (AvgIpc) is 2.66. The predicted molar refractivity (Wildman–Crippen MR) is 114 cm³/mol. The minimum absolute atomic E-state index is 0.0534. The number of hydrogen-bond donors (Lipinski definition) is 2. The summed E-state index contributed by atoms with van der Waals surface area (Å²) < 4.78 is 5.75. The van der Waals surface area contributed by atoms with Gasteiger partial charge in [0.1, 0.15) is 18.1 Å². The van der Waals surface area contributed by atoms with Gasteiger partial charge in [-0.2, -0.15) is 0 Å². The number of phenols is 1. The summed E-state index contributed by atoms with van der Waals surface area (Å²) in [5.74, 6) is 0.523. The van der Waals surface area contributed by atoms with Crippen molar-refractivity contribution in [2.24, 2.45) is 0 Å². The molecule has 0 aliphatic heterocycles. The number of amides is 1. The number of phenolic OH excluding ortho intramolecular Hbond substituents is 1. The molecule has 0 fully saturated rings. The minimum Gasteiger partial charge on any atom is -0.506 e. The number of benzene rings is 2. The maximum absolute atomic E-state index is 12.5. The third-order valence-electron chi connectivity index (χ3n) is 4.80. The topological polar surface area (TPSA) is 61.8 Å². The summed E-state index contributed by atoms with van der Waals surface area (Å²) in [4.78, 5) is 14.8. The van der Waals surface area contributed by atoms with Crippen molar-refractivity contribution >= 4 is 11.6 Å². The zero-order valence-corrected chi connectivity index (χ0v) is 17.6. The van der Waals surface area contributed by atoms with E-state index < -0.39 is 0 Å². The van der Waals surface area contributed by atoms with E-state index in [0.717, 1.165) is 30.9 Å². The summed E-state index contributed by atoms with van der Waals surface area (Å²) in [5.41, 5.74) is 1.89. The molecule has 2 aromatic rings. The number of likely N-dealkylation sites (N-methyl/N-ethyl adjacent to an activating group) is 1. The molecule has 2 aromatic carbocycles. The van der Waals surface area contributed by atoms with E-state index in [1.807, 2.05) is 12.1 Å². The van der Waals surface area contributed by atoms with Crippen LogP contribution in [-0.4, -0.2) is 42.2 Å². The number of aromatic hydroxyl groups is 1. The summed E-state index contributed by atoms with van der Waals surface area (Å²) in [7, 11) is 0. The highest BCUT2D eigenvalue weighted by Crippen LogP contribution is 2.31. The Morgan fingerprint density at radius 3 is 2.29 bits per heavy atom. The minimum atomic E-state index is -0.268. The molecule has 0 atom stereocenters. The summed E-state index contributed by atoms with van der Waals surface area (Å²) >= 11 is 0. The Morgan fingerprint density at radius 2 is 1.71 bits per heavy atom. The highest BCUT2D eigenvalue weighted by molar-refractivity contribution is 6.05. The quantitative estimate of drug-likeness (QED) is 0.650. The molecule has 0 spiro atoms. The molecule has 5 nitrogen and oxygen atoms in total. The third-order valence-corrected chi connectivity index (χ3v) is 4.80. The molecule has 1 amide bonds. The second-order valence-corrected chi connectivity index (χ2v) is 7.84. The van der Waals surface area contributed by atoms with Crippen molar-refractivity contribution < 1.29 is 14.6 Å². The Kier molecular flexibility index (Phi) is 7.46. The smallest absolute Gasteiger partial charge is 0.255 e. The predicted octanol–water partition coefficient (Wildman–Crippen LogP) is 4.66. The molecule has 0 saturated heterocycles. The summed E-state index contributed by atoms with van der Waals surface area (Å²) in [6.07, 6.45) is 0. The van der Waals surface area contributed by atoms with Gasteiger partial charge in [0.25, 0.3) is 5.91 Å². The fraction of sp³-hybridized carbons (Fsp3) is 0.435. The molecule has 0 radical (unpaired) electrons. The fourth-order valence-electron chi connectivity index (χ4n) is 2.83. The average molecular weight is 385 g/mol. The maximum atomic E-state index is 12.5. The van der Waals surface area contributed by atoms with E-state index in [9.17, 15) is 9.90 Å². The first-order valence-electron chi connectivity index (χ1n) is 9.84. The van der Waals surface area contributed by atoms with Gasteiger partial charge >= 0.3 is 0 Å². The van der Waals surface area contributed by atoms with Crippen molar-refractivity contribution in [2.75, 3.05) is 31.6 Å². The van der Waals surface area contributed by atoms with Gasteiger partial charge in [-0.15, -0.1) is 0 Å². The van der Waals surface area contributed by atoms with Crippen molar-refractivity contribution in [2.45, 2.75) is 40.0 Å². The van der Waals surface area contributed by atoms with Crippen LogP contribution in [0.3, 0.4) is 0 Å². The molecule has 0 saturated carbocycles. The molecule has 152 valence electrons. The van der Waals surface area contributed by atoms with E-state index in [0.29, 0.717) is 17.9 Å². The van der Waals surface area contributed by atoms with E-state index >= 15 is 0 Å². The first-order valence-corrected chi connectivity index (χ1v) is 9.84. The molecule has 0 heterocycles. The zero-order valence-electron chi connectivity index (χ0n) is 17.6. The van der Waals surface area contributed by atoms with E-state index in [1.54, 1.807) is 30.3 Å². The van der Waals surface area contributed by atoms with Gasteiger partial charge in [-0.05, 0) is 60.5 Å². The van der Waals surface area contributed by atoms with Crippen LogP contribution in [0, 0.1) is 0 Å². The number of anilines is 1. The summed E-state index contributed by atoms with van der Waals surface area (Å²) in [5, 5.41) is 12.9. The molecule has 0 aromatic heterocycles. The second-order valence-electron chi connectivity index (χ2n) is 7.84. The largest absolute Gasteiger partial charge is 0.506 e. The van der Waals surface area contributed by atoms with Crippen LogP contribution in [0.4, 0.5) is 5.69 Å². The first kappa shape index (κ1) is 21.8. The normalized spacial score (nSPS) is 11.5. The van der Waals surface area contributed by atoms with Gasteiger partial charge in [0, 0.05) is 12.1 Å². The van der Waals surface area contributed by atoms with Crippen LogP contribution in [0.25, 0.3) is 0 Å². The lowest BCUT2D eigenvalue weighted by Gasteiger charge is -2.20. The lowest BCUT2D eigenvalue weighted by molar-refractivity contribution is 0.102. The Balaban J connectivity index is 2.00. The second kappa shape index (κ2) is 9.60. The van der Waals surface area contributed by atoms with Crippen molar-refractivity contribution in [1.82, 2.24) is 4.90 Å². The zero-order chi connectivity index (χ0) is 20.7. The van der Waals surface area contributed by atoms with Crippen LogP contribution in [0.1, 0.15) is 50.5 Å². The SMILES string of the molecule is CCN(CC)CCOc1ccc(C(=O)Nc2cc(C(C)(C)C)ccc2O)cc1. The molecule has 2 N–H and O–H groups in total. The van der Waals surface area contributed by atoms with E-state index in [4.69, 9.17) is 4.74 Å². The Bertz CT molecular complexity index is 775. The van der Waals surface area contributed by atoms with Gasteiger partial charge in [-0.1, -0.05) is 40.7 Å². The highest BCUT2D eigenvalue weighted by atomic mass is 16.5. The van der Waals surface area contributed by atoms with Crippen LogP contribution in [0.15, 0.2) is 42.5 Å². The van der Waals surface area contributed by atoms with E-state index in [2.05, 4.69) is 44.8 Å². The summed E-state index contributed by atoms with van der Waals surface area (Å²) in [6.45, 7) is 14.0. The summed E-state index contributed by atoms with van der Waals surface area (Å²) in [6, 6.07) is 12.3. The lowest BCUT2D eigenvalue weighted by atomic mass is 9.87. The Hall–Kier alpha value is -2.53. The van der Waals surface area contributed by atoms with E-state index in [1.165, 1.54) is 0 Å². The number of nitrogens with one attached hydrogen (secondary N) is 1. The Labute approximate surface area is 168 Å². The van der Waals surface area contributed by atoms with Crippen molar-refractivity contribution in [3.63, 3.8) is 0 Å². The highest BCUT2D eigenvalue weighted by Gasteiger charge is 2.17. The number of nitrogens with zero attached hydrogens (tertiary/aromatic N) is 1. The van der Waals surface area contributed by atoms with Crippen LogP contribution in [0.5, 0.6) is 11.5 Å². The van der Waals surface area contributed by atoms with Crippen LogP contribution < -0.4 is 10.1 Å². The van der Waals surface area contributed by atoms with Gasteiger partial charge in [0.05, 0.1) is 5.69 Å². The molecule has 2 rings (SSSR count). The number of ether oxygens (including phenoxy) is 1. The first-order chi connectivity index (χ1) is 13.2. The number of carbonyl (C=O) groups excluding carboxylic acids is 1.